The van der Waals surface area contributed by atoms with Crippen LogP contribution in [-0.2, 0) is 0 Å². The highest BCUT2D eigenvalue weighted by molar-refractivity contribution is 5.96. The fourth-order valence-electron chi connectivity index (χ4n) is 3.40. The van der Waals surface area contributed by atoms with Crippen LogP contribution in [0.3, 0.4) is 0 Å². The van der Waals surface area contributed by atoms with Crippen LogP contribution in [0, 0.1) is 23.0 Å². The van der Waals surface area contributed by atoms with E-state index in [1.54, 1.807) is 30.5 Å². The first kappa shape index (κ1) is 19.2. The van der Waals surface area contributed by atoms with E-state index in [1.807, 2.05) is 13.0 Å². The van der Waals surface area contributed by atoms with Crippen molar-refractivity contribution in [2.24, 2.45) is 0 Å². The van der Waals surface area contributed by atoms with E-state index in [0.29, 0.717) is 22.1 Å². The lowest BCUT2D eigenvalue weighted by Gasteiger charge is -2.21. The van der Waals surface area contributed by atoms with E-state index in [0.717, 1.165) is 0 Å². The van der Waals surface area contributed by atoms with Crippen LogP contribution in [0.25, 0.3) is 22.0 Å². The standard InChI is InChI=1S/C22H16F2N6/c1-12(30-22-16(9-25)21(26)28-11-29-22)17-10-27-20-15(6-3-7-18(20)24)19(17)13-4-2-5-14(23)8-13/h2-8,10-12H,1H3,(H3,26,28,29,30)/t12-/m1/s1. The fourth-order valence-corrected chi connectivity index (χ4v) is 3.40. The molecule has 8 heteroatoms. The van der Waals surface area contributed by atoms with Crippen molar-refractivity contribution in [1.29, 1.82) is 5.26 Å². The smallest absolute Gasteiger partial charge is 0.150 e. The first-order valence-corrected chi connectivity index (χ1v) is 9.09. The Balaban J connectivity index is 1.90. The molecule has 3 N–H and O–H groups in total. The molecule has 0 aliphatic rings. The third-order valence-electron chi connectivity index (χ3n) is 4.80. The Kier molecular flexibility index (Phi) is 4.94. The molecule has 2 heterocycles. The SMILES string of the molecule is C[C@@H](Nc1ncnc(N)c1C#N)c1cnc2c(F)cccc2c1-c1cccc(F)c1. The minimum absolute atomic E-state index is 0.0614. The maximum absolute atomic E-state index is 14.4. The number of para-hydroxylation sites is 1. The van der Waals surface area contributed by atoms with Gasteiger partial charge in [-0.3, -0.25) is 4.98 Å². The van der Waals surface area contributed by atoms with Crippen molar-refractivity contribution in [3.8, 4) is 17.2 Å². The molecule has 0 radical (unpaired) electrons. The fraction of sp³-hybridized carbons (Fsp3) is 0.0909. The van der Waals surface area contributed by atoms with Gasteiger partial charge in [-0.15, -0.1) is 0 Å². The maximum atomic E-state index is 14.4. The minimum atomic E-state index is -0.465. The predicted molar refractivity (Wildman–Crippen MR) is 110 cm³/mol. The van der Waals surface area contributed by atoms with Gasteiger partial charge in [0.25, 0.3) is 0 Å². The molecule has 0 bridgehead atoms. The van der Waals surface area contributed by atoms with E-state index in [4.69, 9.17) is 5.73 Å². The summed E-state index contributed by atoms with van der Waals surface area (Å²) in [6.45, 7) is 1.84. The number of fused-ring (bicyclic) bond motifs is 1. The molecular weight excluding hydrogens is 386 g/mol. The predicted octanol–water partition coefficient (Wildman–Crippen LogP) is 4.60. The lowest BCUT2D eigenvalue weighted by atomic mass is 9.93. The number of benzene rings is 2. The van der Waals surface area contributed by atoms with Crippen molar-refractivity contribution >= 4 is 22.5 Å². The summed E-state index contributed by atoms with van der Waals surface area (Å²) in [5.74, 6) is -0.545. The number of nitrogens with one attached hydrogen (secondary N) is 1. The molecule has 4 rings (SSSR count). The summed E-state index contributed by atoms with van der Waals surface area (Å²) in [6, 6.07) is 12.3. The molecule has 2 aromatic carbocycles. The van der Waals surface area contributed by atoms with Gasteiger partial charge in [0, 0.05) is 17.1 Å². The minimum Gasteiger partial charge on any atom is -0.382 e. The largest absolute Gasteiger partial charge is 0.382 e. The van der Waals surface area contributed by atoms with Gasteiger partial charge in [-0.25, -0.2) is 18.7 Å². The zero-order chi connectivity index (χ0) is 21.3. The maximum Gasteiger partial charge on any atom is 0.150 e. The van der Waals surface area contributed by atoms with Gasteiger partial charge in [-0.1, -0.05) is 24.3 Å². The molecule has 0 unspecified atom stereocenters. The van der Waals surface area contributed by atoms with Crippen molar-refractivity contribution in [3.63, 3.8) is 0 Å². The summed E-state index contributed by atoms with van der Waals surface area (Å²) in [5, 5.41) is 13.1. The van der Waals surface area contributed by atoms with Gasteiger partial charge >= 0.3 is 0 Å². The summed E-state index contributed by atoms with van der Waals surface area (Å²) < 4.78 is 28.3. The number of aromatic nitrogens is 3. The van der Waals surface area contributed by atoms with E-state index in [9.17, 15) is 14.0 Å². The molecule has 30 heavy (non-hydrogen) atoms. The Morgan fingerprint density at radius 3 is 2.67 bits per heavy atom. The van der Waals surface area contributed by atoms with Crippen molar-refractivity contribution in [2.45, 2.75) is 13.0 Å². The average molecular weight is 402 g/mol. The van der Waals surface area contributed by atoms with Crippen molar-refractivity contribution in [2.75, 3.05) is 11.1 Å². The number of hydrogen-bond donors (Lipinski definition) is 2. The number of rotatable bonds is 4. The molecule has 2 aromatic heterocycles. The Morgan fingerprint density at radius 1 is 1.10 bits per heavy atom. The highest BCUT2D eigenvalue weighted by Gasteiger charge is 2.20. The van der Waals surface area contributed by atoms with Crippen molar-refractivity contribution < 1.29 is 8.78 Å². The first-order valence-electron chi connectivity index (χ1n) is 9.09. The second-order valence-electron chi connectivity index (χ2n) is 6.70. The van der Waals surface area contributed by atoms with E-state index in [-0.39, 0.29) is 22.7 Å². The van der Waals surface area contributed by atoms with Gasteiger partial charge < -0.3 is 11.1 Å². The highest BCUT2D eigenvalue weighted by Crippen LogP contribution is 2.36. The number of halogens is 2. The van der Waals surface area contributed by atoms with E-state index in [1.165, 1.54) is 24.5 Å². The third-order valence-corrected chi connectivity index (χ3v) is 4.80. The van der Waals surface area contributed by atoms with Gasteiger partial charge in [-0.2, -0.15) is 5.26 Å². The van der Waals surface area contributed by atoms with Crippen LogP contribution in [0.15, 0.2) is 55.0 Å². The average Bonchev–Trinajstić information content (AvgIpc) is 2.73. The van der Waals surface area contributed by atoms with Gasteiger partial charge in [0.15, 0.2) is 0 Å². The molecule has 1 atom stereocenters. The lowest BCUT2D eigenvalue weighted by molar-refractivity contribution is 0.628. The monoisotopic (exact) mass is 402 g/mol. The number of nitriles is 1. The molecular formula is C22H16F2N6. The Morgan fingerprint density at radius 2 is 1.90 bits per heavy atom. The summed E-state index contributed by atoms with van der Waals surface area (Å²) in [4.78, 5) is 12.2. The number of nitrogen functional groups attached to an aromatic ring is 1. The molecule has 0 aliphatic carbocycles. The van der Waals surface area contributed by atoms with Crippen molar-refractivity contribution in [3.05, 3.63) is 77.8 Å². The highest BCUT2D eigenvalue weighted by atomic mass is 19.1. The number of pyridine rings is 1. The molecule has 0 spiro atoms. The van der Waals surface area contributed by atoms with Crippen LogP contribution < -0.4 is 11.1 Å². The molecule has 0 saturated carbocycles. The van der Waals surface area contributed by atoms with Crippen LogP contribution in [-0.4, -0.2) is 15.0 Å². The van der Waals surface area contributed by atoms with Gasteiger partial charge in [0.1, 0.15) is 46.7 Å². The van der Waals surface area contributed by atoms with E-state index >= 15 is 0 Å². The van der Waals surface area contributed by atoms with Gasteiger partial charge in [0.2, 0.25) is 0 Å². The first-order chi connectivity index (χ1) is 14.5. The molecule has 0 saturated heterocycles. The van der Waals surface area contributed by atoms with Gasteiger partial charge in [0.05, 0.1) is 6.04 Å². The summed E-state index contributed by atoms with van der Waals surface area (Å²) in [7, 11) is 0. The quantitative estimate of drug-likeness (QED) is 0.518. The Hall–Kier alpha value is -4.12. The molecule has 0 amide bonds. The number of nitrogens with zero attached hydrogens (tertiary/aromatic N) is 4. The number of anilines is 2. The van der Waals surface area contributed by atoms with Crippen LogP contribution in [0.2, 0.25) is 0 Å². The Labute approximate surface area is 171 Å². The van der Waals surface area contributed by atoms with Crippen LogP contribution in [0.1, 0.15) is 24.1 Å². The van der Waals surface area contributed by atoms with Gasteiger partial charge in [-0.05, 0) is 36.2 Å². The zero-order valence-corrected chi connectivity index (χ0v) is 15.9. The summed E-state index contributed by atoms with van der Waals surface area (Å²) in [5.41, 5.74) is 7.98. The lowest BCUT2D eigenvalue weighted by Crippen LogP contribution is -2.13. The van der Waals surface area contributed by atoms with Crippen LogP contribution in [0.4, 0.5) is 20.4 Å². The third kappa shape index (κ3) is 3.37. The second kappa shape index (κ2) is 7.72. The van der Waals surface area contributed by atoms with E-state index in [2.05, 4.69) is 20.3 Å². The zero-order valence-electron chi connectivity index (χ0n) is 15.9. The Bertz CT molecular complexity index is 1300. The van der Waals surface area contributed by atoms with Crippen molar-refractivity contribution in [1.82, 2.24) is 15.0 Å². The second-order valence-corrected chi connectivity index (χ2v) is 6.70. The van der Waals surface area contributed by atoms with E-state index < -0.39 is 17.7 Å². The molecule has 6 nitrogen and oxygen atoms in total. The molecule has 0 aliphatic heterocycles. The van der Waals surface area contributed by atoms with Crippen LogP contribution in [0.5, 0.6) is 0 Å². The topological polar surface area (TPSA) is 101 Å². The van der Waals surface area contributed by atoms with Crippen LogP contribution >= 0.6 is 0 Å². The molecule has 148 valence electrons. The summed E-state index contributed by atoms with van der Waals surface area (Å²) in [6.07, 6.45) is 2.80. The number of hydrogen-bond acceptors (Lipinski definition) is 6. The normalized spacial score (nSPS) is 11.8. The summed E-state index contributed by atoms with van der Waals surface area (Å²) >= 11 is 0. The number of nitrogens with two attached hydrogens (primary N) is 1. The molecule has 0 fully saturated rings. The molecule has 4 aromatic rings.